The van der Waals surface area contributed by atoms with Crippen LogP contribution in [0.2, 0.25) is 0 Å². The Morgan fingerprint density at radius 2 is 2.17 bits per heavy atom. The Hall–Kier alpha value is -1.07. The topological polar surface area (TPSA) is 68.3 Å². The van der Waals surface area contributed by atoms with E-state index in [0.29, 0.717) is 23.8 Å². The zero-order valence-electron chi connectivity index (χ0n) is 10.1. The molecule has 18 heavy (non-hydrogen) atoms. The van der Waals surface area contributed by atoms with Crippen molar-refractivity contribution in [2.45, 2.75) is 12.8 Å². The molecule has 0 amide bonds. The Kier molecular flexibility index (Phi) is 4.60. The molecule has 2 rings (SSSR count). The summed E-state index contributed by atoms with van der Waals surface area (Å²) in [5.41, 5.74) is 6.21. The second kappa shape index (κ2) is 6.20. The van der Waals surface area contributed by atoms with E-state index < -0.39 is 0 Å². The van der Waals surface area contributed by atoms with Crippen LogP contribution in [0.3, 0.4) is 0 Å². The number of halogens is 1. The van der Waals surface area contributed by atoms with Gasteiger partial charge in [-0.15, -0.1) is 0 Å². The number of rotatable bonds is 4. The van der Waals surface area contributed by atoms with Crippen LogP contribution in [-0.4, -0.2) is 25.7 Å². The van der Waals surface area contributed by atoms with Gasteiger partial charge in [-0.2, -0.15) is 0 Å². The molecule has 3 N–H and O–H groups in total. The number of hydrogen-bond donors (Lipinski definition) is 2. The Balaban J connectivity index is 2.04. The second-order valence-electron chi connectivity index (χ2n) is 4.39. The van der Waals surface area contributed by atoms with Gasteiger partial charge in [0, 0.05) is 17.7 Å². The predicted molar refractivity (Wildman–Crippen MR) is 74.2 cm³/mol. The van der Waals surface area contributed by atoms with Crippen molar-refractivity contribution in [2.75, 3.05) is 19.8 Å². The smallest absolute Gasteiger partial charge is 0.131 e. The maximum atomic E-state index is 7.59. The van der Waals surface area contributed by atoms with Crippen molar-refractivity contribution in [3.63, 3.8) is 0 Å². The van der Waals surface area contributed by atoms with Gasteiger partial charge in [0.25, 0.3) is 0 Å². The van der Waals surface area contributed by atoms with Gasteiger partial charge in [-0.3, -0.25) is 5.41 Å². The van der Waals surface area contributed by atoms with Crippen molar-refractivity contribution in [1.29, 1.82) is 5.41 Å². The lowest BCUT2D eigenvalue weighted by Crippen LogP contribution is -2.22. The zero-order valence-corrected chi connectivity index (χ0v) is 11.7. The molecule has 0 spiro atoms. The predicted octanol–water partition coefficient (Wildman–Crippen LogP) is 2.54. The lowest BCUT2D eigenvalue weighted by Gasteiger charge is -2.22. The van der Waals surface area contributed by atoms with E-state index in [-0.39, 0.29) is 5.84 Å². The Morgan fingerprint density at radius 1 is 1.44 bits per heavy atom. The lowest BCUT2D eigenvalue weighted by atomic mass is 10.0. The van der Waals surface area contributed by atoms with E-state index in [1.807, 2.05) is 18.2 Å². The SMILES string of the molecule is N=C(N)c1c(Br)cccc1OCC1CCOCC1. The molecule has 1 heterocycles. The molecule has 1 aromatic carbocycles. The number of nitrogens with two attached hydrogens (primary N) is 1. The van der Waals surface area contributed by atoms with Gasteiger partial charge in [-0.25, -0.2) is 0 Å². The summed E-state index contributed by atoms with van der Waals surface area (Å²) in [5.74, 6) is 1.21. The highest BCUT2D eigenvalue weighted by Crippen LogP contribution is 2.27. The van der Waals surface area contributed by atoms with E-state index in [1.54, 1.807) is 0 Å². The first kappa shape index (κ1) is 13.4. The standard InChI is InChI=1S/C13H17BrN2O2/c14-10-2-1-3-11(12(10)13(15)16)18-8-9-4-6-17-7-5-9/h1-3,9H,4-8H2,(H3,15,16). The molecule has 1 aliphatic rings. The van der Waals surface area contributed by atoms with Crippen molar-refractivity contribution >= 4 is 21.8 Å². The summed E-state index contributed by atoms with van der Waals surface area (Å²) in [6.45, 7) is 2.28. The fourth-order valence-electron chi connectivity index (χ4n) is 2.01. The normalized spacial score (nSPS) is 16.5. The van der Waals surface area contributed by atoms with E-state index in [4.69, 9.17) is 20.6 Å². The average molecular weight is 313 g/mol. The summed E-state index contributed by atoms with van der Waals surface area (Å²) in [6.07, 6.45) is 2.06. The van der Waals surface area contributed by atoms with Gasteiger partial charge in [0.05, 0.1) is 12.2 Å². The Labute approximate surface area is 115 Å². The first-order chi connectivity index (χ1) is 8.68. The molecule has 0 radical (unpaired) electrons. The maximum absolute atomic E-state index is 7.59. The summed E-state index contributed by atoms with van der Waals surface area (Å²) in [5, 5.41) is 7.59. The van der Waals surface area contributed by atoms with Crippen molar-refractivity contribution in [1.82, 2.24) is 0 Å². The quantitative estimate of drug-likeness (QED) is 0.663. The molecule has 1 aliphatic heterocycles. The highest BCUT2D eigenvalue weighted by molar-refractivity contribution is 9.10. The summed E-state index contributed by atoms with van der Waals surface area (Å²) in [7, 11) is 0. The molecule has 0 atom stereocenters. The molecule has 0 bridgehead atoms. The third-order valence-electron chi connectivity index (χ3n) is 3.06. The van der Waals surface area contributed by atoms with Gasteiger partial charge < -0.3 is 15.2 Å². The van der Waals surface area contributed by atoms with Crippen LogP contribution in [0, 0.1) is 11.3 Å². The number of nitrogens with one attached hydrogen (secondary N) is 1. The van der Waals surface area contributed by atoms with E-state index >= 15 is 0 Å². The highest BCUT2D eigenvalue weighted by atomic mass is 79.9. The third-order valence-corrected chi connectivity index (χ3v) is 3.72. The number of benzene rings is 1. The van der Waals surface area contributed by atoms with Crippen LogP contribution in [0.15, 0.2) is 22.7 Å². The van der Waals surface area contributed by atoms with Gasteiger partial charge >= 0.3 is 0 Å². The number of hydrogen-bond acceptors (Lipinski definition) is 3. The largest absolute Gasteiger partial charge is 0.492 e. The molecule has 98 valence electrons. The van der Waals surface area contributed by atoms with Gasteiger partial charge in [0.2, 0.25) is 0 Å². The summed E-state index contributed by atoms with van der Waals surface area (Å²) in [4.78, 5) is 0. The molecule has 1 aromatic rings. The summed E-state index contributed by atoms with van der Waals surface area (Å²) in [6, 6.07) is 5.59. The molecule has 0 aromatic heterocycles. The maximum Gasteiger partial charge on any atom is 0.131 e. The van der Waals surface area contributed by atoms with E-state index in [0.717, 1.165) is 30.5 Å². The highest BCUT2D eigenvalue weighted by Gasteiger charge is 2.16. The van der Waals surface area contributed by atoms with Crippen molar-refractivity contribution in [3.05, 3.63) is 28.2 Å². The first-order valence-corrected chi connectivity index (χ1v) is 6.81. The molecule has 0 unspecified atom stereocenters. The fourth-order valence-corrected chi connectivity index (χ4v) is 2.57. The van der Waals surface area contributed by atoms with Crippen molar-refractivity contribution in [3.8, 4) is 5.75 Å². The monoisotopic (exact) mass is 312 g/mol. The van der Waals surface area contributed by atoms with Gasteiger partial charge in [0.1, 0.15) is 11.6 Å². The third kappa shape index (κ3) is 3.23. The van der Waals surface area contributed by atoms with Crippen LogP contribution in [0.4, 0.5) is 0 Å². The van der Waals surface area contributed by atoms with E-state index in [2.05, 4.69) is 15.9 Å². The fraction of sp³-hybridized carbons (Fsp3) is 0.462. The number of nitrogen functional groups attached to an aromatic ring is 1. The molecule has 4 nitrogen and oxygen atoms in total. The minimum Gasteiger partial charge on any atom is -0.492 e. The average Bonchev–Trinajstić information content (AvgIpc) is 2.37. The lowest BCUT2D eigenvalue weighted by molar-refractivity contribution is 0.0497. The molecule has 0 saturated carbocycles. The van der Waals surface area contributed by atoms with Gasteiger partial charge in [-0.1, -0.05) is 6.07 Å². The van der Waals surface area contributed by atoms with Crippen molar-refractivity contribution < 1.29 is 9.47 Å². The summed E-state index contributed by atoms with van der Waals surface area (Å²) < 4.78 is 11.9. The second-order valence-corrected chi connectivity index (χ2v) is 5.25. The van der Waals surface area contributed by atoms with Crippen LogP contribution in [0.5, 0.6) is 5.75 Å². The van der Waals surface area contributed by atoms with Gasteiger partial charge in [0.15, 0.2) is 0 Å². The van der Waals surface area contributed by atoms with E-state index in [1.165, 1.54) is 0 Å². The molecule has 1 saturated heterocycles. The Bertz CT molecular complexity index is 431. The molecule has 0 aliphatic carbocycles. The minimum atomic E-state index is 0.0180. The van der Waals surface area contributed by atoms with Crippen LogP contribution in [-0.2, 0) is 4.74 Å². The minimum absolute atomic E-state index is 0.0180. The van der Waals surface area contributed by atoms with Crippen molar-refractivity contribution in [2.24, 2.45) is 11.7 Å². The number of amidine groups is 1. The van der Waals surface area contributed by atoms with Gasteiger partial charge in [-0.05, 0) is 46.8 Å². The van der Waals surface area contributed by atoms with E-state index in [9.17, 15) is 0 Å². The van der Waals surface area contributed by atoms with Crippen LogP contribution < -0.4 is 10.5 Å². The first-order valence-electron chi connectivity index (χ1n) is 6.02. The molecular weight excluding hydrogens is 296 g/mol. The number of ether oxygens (including phenoxy) is 2. The zero-order chi connectivity index (χ0) is 13.0. The molecule has 5 heteroatoms. The van der Waals surface area contributed by atoms with Crippen LogP contribution in [0.1, 0.15) is 18.4 Å². The van der Waals surface area contributed by atoms with Crippen LogP contribution >= 0.6 is 15.9 Å². The molecule has 1 fully saturated rings. The summed E-state index contributed by atoms with van der Waals surface area (Å²) >= 11 is 3.39. The van der Waals surface area contributed by atoms with Crippen LogP contribution in [0.25, 0.3) is 0 Å². The Morgan fingerprint density at radius 3 is 2.83 bits per heavy atom. The molecular formula is C13H17BrN2O2.